The van der Waals surface area contributed by atoms with Gasteiger partial charge < -0.3 is 15.1 Å². The maximum atomic E-state index is 11.1. The van der Waals surface area contributed by atoms with Gasteiger partial charge in [-0.3, -0.25) is 4.79 Å². The van der Waals surface area contributed by atoms with Crippen molar-refractivity contribution in [3.63, 3.8) is 0 Å². The topological polar surface area (TPSA) is 48.5 Å². The van der Waals surface area contributed by atoms with Gasteiger partial charge in [-0.2, -0.15) is 0 Å². The number of hydrogen-bond donors (Lipinski definition) is 1. The van der Waals surface area contributed by atoms with Crippen LogP contribution in [-0.4, -0.2) is 49.0 Å². The lowest BCUT2D eigenvalue weighted by molar-refractivity contribution is -0.121. The molecule has 1 amide bonds. The minimum atomic E-state index is 0.214. The molecular weight excluding hydrogens is 252 g/mol. The monoisotopic (exact) mass is 274 g/mol. The van der Waals surface area contributed by atoms with Crippen molar-refractivity contribution in [2.24, 2.45) is 0 Å². The molecule has 3 rings (SSSR count). The van der Waals surface area contributed by atoms with E-state index in [9.17, 15) is 4.79 Å². The quantitative estimate of drug-likeness (QED) is 0.841. The number of pyridine rings is 1. The third-order valence-electron chi connectivity index (χ3n) is 4.28. The highest BCUT2D eigenvalue weighted by Gasteiger charge is 2.23. The molecule has 2 saturated heterocycles. The number of hydrogen-bond acceptors (Lipinski definition) is 4. The maximum Gasteiger partial charge on any atom is 0.210 e. The van der Waals surface area contributed by atoms with Gasteiger partial charge in [0, 0.05) is 38.9 Å². The number of amides is 1. The summed E-state index contributed by atoms with van der Waals surface area (Å²) in [6.07, 6.45) is 6.28. The number of piperazine rings is 1. The molecule has 2 aliphatic rings. The molecule has 2 aliphatic heterocycles. The van der Waals surface area contributed by atoms with Crippen LogP contribution in [0.3, 0.4) is 0 Å². The van der Waals surface area contributed by atoms with E-state index in [-0.39, 0.29) is 6.04 Å². The number of piperidine rings is 1. The summed E-state index contributed by atoms with van der Waals surface area (Å²) >= 11 is 0. The smallest absolute Gasteiger partial charge is 0.210 e. The first-order valence-electron chi connectivity index (χ1n) is 7.51. The molecule has 108 valence electrons. The van der Waals surface area contributed by atoms with Gasteiger partial charge in [-0.25, -0.2) is 4.98 Å². The van der Waals surface area contributed by atoms with Crippen LogP contribution in [0.4, 0.5) is 5.82 Å². The first-order valence-corrected chi connectivity index (χ1v) is 7.51. The Morgan fingerprint density at radius 1 is 1.20 bits per heavy atom. The van der Waals surface area contributed by atoms with E-state index in [1.807, 2.05) is 11.1 Å². The van der Waals surface area contributed by atoms with Gasteiger partial charge in [-0.1, -0.05) is 6.07 Å². The molecule has 0 radical (unpaired) electrons. The summed E-state index contributed by atoms with van der Waals surface area (Å²) in [5.74, 6) is 1.05. The fourth-order valence-corrected chi connectivity index (χ4v) is 3.11. The molecular formula is C15H22N4O. The lowest BCUT2D eigenvalue weighted by Crippen LogP contribution is -2.43. The first-order chi connectivity index (χ1) is 9.88. The number of carbonyl (C=O) groups excluding carboxylic acids is 1. The van der Waals surface area contributed by atoms with Crippen LogP contribution >= 0.6 is 0 Å². The summed E-state index contributed by atoms with van der Waals surface area (Å²) < 4.78 is 0. The Morgan fingerprint density at radius 3 is 2.75 bits per heavy atom. The van der Waals surface area contributed by atoms with E-state index in [1.54, 1.807) is 0 Å². The van der Waals surface area contributed by atoms with E-state index in [4.69, 9.17) is 0 Å². The third kappa shape index (κ3) is 2.77. The second-order valence-corrected chi connectivity index (χ2v) is 5.54. The van der Waals surface area contributed by atoms with Crippen molar-refractivity contribution in [3.05, 3.63) is 23.9 Å². The van der Waals surface area contributed by atoms with Crippen molar-refractivity contribution in [1.29, 1.82) is 0 Å². The average Bonchev–Trinajstić information content (AvgIpc) is 2.56. The van der Waals surface area contributed by atoms with Gasteiger partial charge in [0.2, 0.25) is 6.41 Å². The number of aromatic nitrogens is 1. The Balaban J connectivity index is 1.72. The van der Waals surface area contributed by atoms with Gasteiger partial charge in [0.15, 0.2) is 0 Å². The number of nitrogens with one attached hydrogen (secondary N) is 1. The molecule has 0 aliphatic carbocycles. The molecule has 0 bridgehead atoms. The van der Waals surface area contributed by atoms with E-state index in [0.717, 1.165) is 63.4 Å². The third-order valence-corrected chi connectivity index (χ3v) is 4.28. The van der Waals surface area contributed by atoms with Gasteiger partial charge >= 0.3 is 0 Å². The van der Waals surface area contributed by atoms with Crippen LogP contribution in [-0.2, 0) is 4.79 Å². The molecule has 1 aromatic heterocycles. The molecule has 1 unspecified atom stereocenters. The van der Waals surface area contributed by atoms with Crippen LogP contribution < -0.4 is 10.2 Å². The van der Waals surface area contributed by atoms with Gasteiger partial charge in [0.05, 0.1) is 6.04 Å². The van der Waals surface area contributed by atoms with Gasteiger partial charge in [-0.05, 0) is 30.9 Å². The molecule has 5 nitrogen and oxygen atoms in total. The maximum absolute atomic E-state index is 11.1. The highest BCUT2D eigenvalue weighted by molar-refractivity contribution is 5.49. The summed E-state index contributed by atoms with van der Waals surface area (Å²) in [6.45, 7) is 4.93. The number of likely N-dealkylation sites (tertiary alicyclic amines) is 1. The second kappa shape index (κ2) is 6.22. The molecule has 5 heteroatoms. The number of carbonyl (C=O) groups is 1. The number of nitrogens with zero attached hydrogens (tertiary/aromatic N) is 3. The largest absolute Gasteiger partial charge is 0.354 e. The molecule has 1 aromatic rings. The Kier molecular flexibility index (Phi) is 4.16. The molecule has 0 aromatic carbocycles. The highest BCUT2D eigenvalue weighted by atomic mass is 16.1. The Hall–Kier alpha value is -1.62. The zero-order valence-electron chi connectivity index (χ0n) is 11.8. The SMILES string of the molecule is O=CN1CCCCC1c1ccc(N2CCNCC2)nc1. The lowest BCUT2D eigenvalue weighted by Gasteiger charge is -2.33. The van der Waals surface area contributed by atoms with Crippen molar-refractivity contribution in [2.75, 3.05) is 37.6 Å². The summed E-state index contributed by atoms with van der Waals surface area (Å²) in [4.78, 5) is 20.0. The van der Waals surface area contributed by atoms with E-state index in [0.29, 0.717) is 0 Å². The second-order valence-electron chi connectivity index (χ2n) is 5.54. The molecule has 1 atom stereocenters. The fraction of sp³-hybridized carbons (Fsp3) is 0.600. The Bertz CT molecular complexity index is 442. The molecule has 1 N–H and O–H groups in total. The Labute approximate surface area is 120 Å². The number of anilines is 1. The molecule has 2 fully saturated rings. The van der Waals surface area contributed by atoms with E-state index in [2.05, 4.69) is 27.3 Å². The molecule has 20 heavy (non-hydrogen) atoms. The molecule has 0 saturated carbocycles. The molecule has 3 heterocycles. The number of rotatable bonds is 3. The minimum Gasteiger partial charge on any atom is -0.354 e. The van der Waals surface area contributed by atoms with Gasteiger partial charge in [0.25, 0.3) is 0 Å². The lowest BCUT2D eigenvalue weighted by atomic mass is 9.97. The predicted octanol–water partition coefficient (Wildman–Crippen LogP) is 1.17. The minimum absolute atomic E-state index is 0.214. The predicted molar refractivity (Wildman–Crippen MR) is 78.7 cm³/mol. The summed E-state index contributed by atoms with van der Waals surface area (Å²) in [6, 6.07) is 4.44. The van der Waals surface area contributed by atoms with Crippen molar-refractivity contribution < 1.29 is 4.79 Å². The van der Waals surface area contributed by atoms with Crippen molar-refractivity contribution in [1.82, 2.24) is 15.2 Å². The van der Waals surface area contributed by atoms with E-state index < -0.39 is 0 Å². The van der Waals surface area contributed by atoms with Crippen LogP contribution in [0.2, 0.25) is 0 Å². The van der Waals surface area contributed by atoms with E-state index in [1.165, 1.54) is 6.42 Å². The summed E-state index contributed by atoms with van der Waals surface area (Å²) in [7, 11) is 0. The standard InChI is InChI=1S/C15H22N4O/c20-12-19-8-2-1-3-14(19)13-4-5-15(17-11-13)18-9-6-16-7-10-18/h4-5,11-12,14,16H,1-3,6-10H2. The highest BCUT2D eigenvalue weighted by Crippen LogP contribution is 2.29. The first kappa shape index (κ1) is 13.4. The average molecular weight is 274 g/mol. The molecule has 0 spiro atoms. The van der Waals surface area contributed by atoms with Crippen molar-refractivity contribution >= 4 is 12.2 Å². The zero-order valence-corrected chi connectivity index (χ0v) is 11.8. The van der Waals surface area contributed by atoms with E-state index >= 15 is 0 Å². The van der Waals surface area contributed by atoms with Crippen LogP contribution in [0, 0.1) is 0 Å². The normalized spacial score (nSPS) is 23.7. The van der Waals surface area contributed by atoms with Crippen molar-refractivity contribution in [2.45, 2.75) is 25.3 Å². The van der Waals surface area contributed by atoms with Crippen LogP contribution in [0.25, 0.3) is 0 Å². The van der Waals surface area contributed by atoms with Crippen LogP contribution in [0.1, 0.15) is 30.9 Å². The van der Waals surface area contributed by atoms with Gasteiger partial charge in [-0.15, -0.1) is 0 Å². The summed E-state index contributed by atoms with van der Waals surface area (Å²) in [5.41, 5.74) is 1.16. The van der Waals surface area contributed by atoms with Crippen molar-refractivity contribution in [3.8, 4) is 0 Å². The van der Waals surface area contributed by atoms with Crippen LogP contribution in [0.5, 0.6) is 0 Å². The summed E-state index contributed by atoms with van der Waals surface area (Å²) in [5, 5.41) is 3.35. The van der Waals surface area contributed by atoms with Crippen LogP contribution in [0.15, 0.2) is 18.3 Å². The fourth-order valence-electron chi connectivity index (χ4n) is 3.11. The van der Waals surface area contributed by atoms with Gasteiger partial charge in [0.1, 0.15) is 5.82 Å². The Morgan fingerprint density at radius 2 is 2.05 bits per heavy atom. The zero-order chi connectivity index (χ0) is 13.8.